The highest BCUT2D eigenvalue weighted by molar-refractivity contribution is 8.14. The van der Waals surface area contributed by atoms with Gasteiger partial charge in [-0.1, -0.05) is 22.8 Å². The Morgan fingerprint density at radius 3 is 3.15 bits per heavy atom. The van der Waals surface area contributed by atoms with E-state index >= 15 is 0 Å². The molecule has 8 heteroatoms. The third-order valence-electron chi connectivity index (χ3n) is 5.21. The first-order chi connectivity index (χ1) is 13.2. The molecular weight excluding hydrogens is 362 g/mol. The van der Waals surface area contributed by atoms with Gasteiger partial charge in [-0.3, -0.25) is 0 Å². The number of hydrogen-bond acceptors (Lipinski definition) is 6. The minimum atomic E-state index is -0.815. The third kappa shape index (κ3) is 4.39. The van der Waals surface area contributed by atoms with Crippen LogP contribution in [0.1, 0.15) is 24.8 Å². The van der Waals surface area contributed by atoms with E-state index in [2.05, 4.69) is 36.3 Å². The minimum absolute atomic E-state index is 0.301. The number of nitrogens with one attached hydrogen (secondary N) is 2. The number of anilines is 1. The maximum atomic E-state index is 11.7. The van der Waals surface area contributed by atoms with E-state index < -0.39 is 12.0 Å². The molecule has 144 valence electrons. The number of allylic oxidation sites excluding steroid dienone is 1. The Balaban J connectivity index is 1.59. The van der Waals surface area contributed by atoms with Crippen LogP contribution in [-0.2, 0) is 11.3 Å². The largest absolute Gasteiger partial charge is 0.480 e. The fourth-order valence-corrected chi connectivity index (χ4v) is 4.96. The number of nitrogens with zero attached hydrogens (tertiary/aromatic N) is 3. The molecule has 4 rings (SSSR count). The van der Waals surface area contributed by atoms with Gasteiger partial charge in [0.1, 0.15) is 17.7 Å². The summed E-state index contributed by atoms with van der Waals surface area (Å²) < 4.78 is 4.67. The Kier molecular flexibility index (Phi) is 5.54. The summed E-state index contributed by atoms with van der Waals surface area (Å²) in [6.45, 7) is 2.67. The van der Waals surface area contributed by atoms with Crippen molar-refractivity contribution in [3.05, 3.63) is 36.0 Å². The minimum Gasteiger partial charge on any atom is -0.480 e. The molecule has 0 spiro atoms. The maximum Gasteiger partial charge on any atom is 0.326 e. The van der Waals surface area contributed by atoms with E-state index in [1.165, 1.54) is 5.56 Å². The molecular formula is C19H25N5O2S. The predicted octanol–water partition coefficient (Wildman–Crippen LogP) is 1.75. The normalized spacial score (nSPS) is 28.1. The van der Waals surface area contributed by atoms with E-state index in [0.29, 0.717) is 18.2 Å². The second kappa shape index (κ2) is 8.22. The number of rotatable bonds is 1. The summed E-state index contributed by atoms with van der Waals surface area (Å²) in [4.78, 5) is 18.7. The van der Waals surface area contributed by atoms with Gasteiger partial charge in [0.15, 0.2) is 0 Å². The number of hydrogen-bond donors (Lipinski definition) is 3. The summed E-state index contributed by atoms with van der Waals surface area (Å²) >= 11 is 0. The molecule has 27 heavy (non-hydrogen) atoms. The fraction of sp³-hybridized carbons (Fsp3) is 0.474. The third-order valence-corrected chi connectivity index (χ3v) is 6.61. The van der Waals surface area contributed by atoms with Crippen LogP contribution in [0.2, 0.25) is 0 Å². The molecule has 4 bridgehead atoms. The standard InChI is InChI=1S/C19H25N5O2S/c25-19(26)16-6-5-14-7-9-24(12-14)18-15(3-1-8-21-18)11-20-13-27-10-2-4-17(22-16)23-27/h1-4,8,10,14,16,20H,5-7,9,11-13H2,(H,22,23)(H,25,26). The van der Waals surface area contributed by atoms with Crippen LogP contribution in [0.15, 0.2) is 34.9 Å². The first-order valence-electron chi connectivity index (χ1n) is 9.38. The van der Waals surface area contributed by atoms with E-state index in [1.54, 1.807) is 0 Å². The summed E-state index contributed by atoms with van der Waals surface area (Å²) in [5, 5.41) is 18.3. The number of pyridine rings is 1. The van der Waals surface area contributed by atoms with Gasteiger partial charge in [-0.2, -0.15) is 0 Å². The molecule has 3 N–H and O–H groups in total. The van der Waals surface area contributed by atoms with E-state index in [9.17, 15) is 9.90 Å². The van der Waals surface area contributed by atoms with Crippen molar-refractivity contribution in [3.63, 3.8) is 0 Å². The predicted molar refractivity (Wildman–Crippen MR) is 110 cm³/mol. The number of carboxylic acids is 1. The number of carbonyl (C=O) groups is 1. The van der Waals surface area contributed by atoms with Crippen LogP contribution in [0.25, 0.3) is 0 Å². The lowest BCUT2D eigenvalue weighted by Crippen LogP contribution is -2.40. The second-order valence-corrected chi connectivity index (χ2v) is 8.69. The van der Waals surface area contributed by atoms with Crippen LogP contribution in [0.3, 0.4) is 0 Å². The quantitative estimate of drug-likeness (QED) is 0.636. The van der Waals surface area contributed by atoms with Gasteiger partial charge in [-0.05, 0) is 42.7 Å². The molecule has 1 fully saturated rings. The molecule has 3 unspecified atom stereocenters. The average molecular weight is 388 g/mol. The number of fused-ring (bicyclic) bond motifs is 5. The van der Waals surface area contributed by atoms with Gasteiger partial charge in [-0.25, -0.2) is 14.2 Å². The lowest BCUT2D eigenvalue weighted by molar-refractivity contribution is -0.139. The van der Waals surface area contributed by atoms with Crippen molar-refractivity contribution < 1.29 is 9.90 Å². The summed E-state index contributed by atoms with van der Waals surface area (Å²) in [5.74, 6) is 2.12. The summed E-state index contributed by atoms with van der Waals surface area (Å²) in [6, 6.07) is 3.51. The van der Waals surface area contributed by atoms with Gasteiger partial charge in [0.05, 0.1) is 5.88 Å². The molecule has 3 aliphatic heterocycles. The molecule has 1 aromatic rings. The van der Waals surface area contributed by atoms with Crippen molar-refractivity contribution in [3.8, 4) is 0 Å². The Morgan fingerprint density at radius 1 is 1.33 bits per heavy atom. The van der Waals surface area contributed by atoms with Gasteiger partial charge < -0.3 is 20.6 Å². The van der Waals surface area contributed by atoms with Gasteiger partial charge in [-0.15, -0.1) is 0 Å². The number of aromatic nitrogens is 1. The zero-order chi connectivity index (χ0) is 18.6. The van der Waals surface area contributed by atoms with Crippen LogP contribution in [0.5, 0.6) is 0 Å². The number of carboxylic acid groups (broad SMARTS) is 1. The Labute approximate surface area is 161 Å². The monoisotopic (exact) mass is 387 g/mol. The first kappa shape index (κ1) is 18.2. The van der Waals surface area contributed by atoms with Crippen molar-refractivity contribution >= 4 is 33.7 Å². The highest BCUT2D eigenvalue weighted by Gasteiger charge is 2.27. The topological polar surface area (TPSA) is 89.8 Å². The molecule has 1 saturated heterocycles. The maximum absolute atomic E-state index is 11.7. The van der Waals surface area contributed by atoms with Crippen molar-refractivity contribution in [2.24, 2.45) is 10.3 Å². The lowest BCUT2D eigenvalue weighted by atomic mass is 9.99. The lowest BCUT2D eigenvalue weighted by Gasteiger charge is -2.21. The molecule has 0 amide bonds. The Morgan fingerprint density at radius 2 is 2.26 bits per heavy atom. The van der Waals surface area contributed by atoms with Crippen molar-refractivity contribution in [2.45, 2.75) is 31.8 Å². The summed E-state index contributed by atoms with van der Waals surface area (Å²) in [7, 11) is -0.301. The van der Waals surface area contributed by atoms with E-state index in [1.807, 2.05) is 24.4 Å². The van der Waals surface area contributed by atoms with Crippen LogP contribution in [0.4, 0.5) is 5.82 Å². The fourth-order valence-electron chi connectivity index (χ4n) is 3.81. The van der Waals surface area contributed by atoms with Crippen LogP contribution < -0.4 is 15.5 Å². The van der Waals surface area contributed by atoms with E-state index in [0.717, 1.165) is 44.2 Å². The number of amidine groups is 1. The van der Waals surface area contributed by atoms with E-state index in [-0.39, 0.29) is 10.7 Å². The van der Waals surface area contributed by atoms with Gasteiger partial charge in [0.25, 0.3) is 0 Å². The molecule has 0 saturated carbocycles. The highest BCUT2D eigenvalue weighted by Crippen LogP contribution is 2.28. The first-order valence-corrected chi connectivity index (χ1v) is 10.8. The van der Waals surface area contributed by atoms with Crippen molar-refractivity contribution in [1.29, 1.82) is 0 Å². The highest BCUT2D eigenvalue weighted by atomic mass is 32.2. The molecule has 3 aliphatic rings. The smallest absolute Gasteiger partial charge is 0.326 e. The van der Waals surface area contributed by atoms with Crippen LogP contribution in [0, 0.1) is 5.92 Å². The molecule has 1 aromatic heterocycles. The van der Waals surface area contributed by atoms with Gasteiger partial charge >= 0.3 is 5.97 Å². The molecule has 0 radical (unpaired) electrons. The molecule has 0 aromatic carbocycles. The van der Waals surface area contributed by atoms with E-state index in [4.69, 9.17) is 0 Å². The zero-order valence-electron chi connectivity index (χ0n) is 15.2. The van der Waals surface area contributed by atoms with Crippen LogP contribution in [-0.4, -0.2) is 52.3 Å². The Bertz CT molecular complexity index is 807. The molecule has 7 nitrogen and oxygen atoms in total. The molecule has 3 atom stereocenters. The average Bonchev–Trinajstić information content (AvgIpc) is 3.14. The van der Waals surface area contributed by atoms with Crippen molar-refractivity contribution in [1.82, 2.24) is 15.6 Å². The van der Waals surface area contributed by atoms with Gasteiger partial charge in [0.2, 0.25) is 0 Å². The summed E-state index contributed by atoms with van der Waals surface area (Å²) in [6.07, 6.45) is 8.23. The van der Waals surface area contributed by atoms with Gasteiger partial charge in [0, 0.05) is 31.4 Å². The summed E-state index contributed by atoms with van der Waals surface area (Å²) in [5.41, 5.74) is 1.20. The zero-order valence-corrected chi connectivity index (χ0v) is 16.0. The van der Waals surface area contributed by atoms with Crippen LogP contribution >= 0.6 is 10.7 Å². The second-order valence-electron chi connectivity index (χ2n) is 7.14. The Hall–Kier alpha value is -2.19. The molecule has 4 heterocycles. The van der Waals surface area contributed by atoms with Crippen molar-refractivity contribution in [2.75, 3.05) is 23.9 Å². The molecule has 0 aliphatic carbocycles. The SMILES string of the molecule is O=C(O)C1CCC2CCN(C2)c2ncccc2CNCS2=CC=CC(=N2)N1. The number of aliphatic carboxylic acids is 1.